The fourth-order valence-corrected chi connectivity index (χ4v) is 6.63. The van der Waals surface area contributed by atoms with Crippen LogP contribution in [-0.2, 0) is 37.5 Å². The van der Waals surface area contributed by atoms with Crippen molar-refractivity contribution in [2.75, 3.05) is 19.4 Å². The number of nitrogens with one attached hydrogen (secondary N) is 1. The van der Waals surface area contributed by atoms with Crippen LogP contribution in [0.5, 0.6) is 5.75 Å². The number of carbonyl (C=O) groups is 3. The van der Waals surface area contributed by atoms with Gasteiger partial charge in [-0.15, -0.1) is 0 Å². The lowest BCUT2D eigenvalue weighted by Crippen LogP contribution is -2.44. The molecule has 7 N–H and O–H groups in total. The van der Waals surface area contributed by atoms with Crippen molar-refractivity contribution in [1.29, 1.82) is 5.41 Å². The smallest absolute Gasteiger partial charge is 0.490 e. The number of alkyl halides is 6. The van der Waals surface area contributed by atoms with Crippen LogP contribution in [-0.4, -0.2) is 83.6 Å². The number of ether oxygens (including phenoxy) is 1. The summed E-state index contributed by atoms with van der Waals surface area (Å²) < 4.78 is 98.5. The third-order valence-electron chi connectivity index (χ3n) is 7.66. The number of hydrogen-bond donors (Lipinski definition) is 5. The molecule has 1 amide bonds. The molecule has 1 atom stereocenters. The zero-order valence-corrected chi connectivity index (χ0v) is 28.9. The molecule has 1 heterocycles. The summed E-state index contributed by atoms with van der Waals surface area (Å²) in [4.78, 5) is 33.3. The first-order valence-corrected chi connectivity index (χ1v) is 16.7. The van der Waals surface area contributed by atoms with E-state index in [2.05, 4.69) is 0 Å². The number of nitrogens with zero attached hydrogens (tertiary/aromatic N) is 2. The number of carboxylic acids is 2. The molecule has 1 saturated heterocycles. The van der Waals surface area contributed by atoms with E-state index in [0.29, 0.717) is 36.5 Å². The molecule has 1 fully saturated rings. The first-order valence-electron chi connectivity index (χ1n) is 15.3. The van der Waals surface area contributed by atoms with E-state index in [1.54, 1.807) is 78.7 Å². The number of nitrogen functional groups attached to an aromatic ring is 2. The van der Waals surface area contributed by atoms with Gasteiger partial charge >= 0.3 is 24.3 Å². The van der Waals surface area contributed by atoms with Gasteiger partial charge in [-0.2, -0.15) is 30.6 Å². The molecule has 1 aliphatic heterocycles. The Balaban J connectivity index is 0.000000476. The van der Waals surface area contributed by atoms with Crippen molar-refractivity contribution in [2.24, 2.45) is 5.73 Å². The Morgan fingerprint density at radius 3 is 2.00 bits per heavy atom. The number of carbonyl (C=O) groups excluding carboxylic acids is 1. The number of sulfonamides is 1. The Kier molecular flexibility index (Phi) is 13.6. The molecule has 0 unspecified atom stereocenters. The van der Waals surface area contributed by atoms with Crippen molar-refractivity contribution < 1.29 is 64.1 Å². The molecular weight excluding hydrogens is 752 g/mol. The number of carboxylic acid groups (broad SMARTS) is 2. The Labute approximate surface area is 303 Å². The number of hydrogen-bond acceptors (Lipinski definition) is 8. The van der Waals surface area contributed by atoms with Gasteiger partial charge < -0.3 is 31.3 Å². The first kappa shape index (κ1) is 42.5. The van der Waals surface area contributed by atoms with Crippen LogP contribution in [0.3, 0.4) is 0 Å². The highest BCUT2D eigenvalue weighted by molar-refractivity contribution is 7.89. The molecule has 5 rings (SSSR count). The van der Waals surface area contributed by atoms with Gasteiger partial charge in [0, 0.05) is 30.9 Å². The monoisotopic (exact) mass is 785 g/mol. The second-order valence-electron chi connectivity index (χ2n) is 11.5. The normalized spacial score (nSPS) is 14.5. The molecular formula is C34H33F6N5O8S. The number of likely N-dealkylation sites (tertiary alicyclic amines) is 1. The Morgan fingerprint density at radius 2 is 1.46 bits per heavy atom. The molecule has 0 spiro atoms. The fraction of sp³-hybridized carbons (Fsp3) is 0.235. The molecule has 13 nitrogen and oxygen atoms in total. The molecule has 0 aromatic heterocycles. The predicted octanol–water partition coefficient (Wildman–Crippen LogP) is 4.97. The van der Waals surface area contributed by atoms with Crippen LogP contribution < -0.4 is 16.2 Å². The molecule has 1 aliphatic rings. The van der Waals surface area contributed by atoms with Crippen LogP contribution >= 0.6 is 0 Å². The van der Waals surface area contributed by atoms with Gasteiger partial charge in [-0.3, -0.25) is 10.2 Å². The Bertz CT molecular complexity index is 2090. The minimum atomic E-state index is -5.08. The van der Waals surface area contributed by atoms with Gasteiger partial charge in [-0.05, 0) is 70.8 Å². The van der Waals surface area contributed by atoms with E-state index in [0.717, 1.165) is 21.9 Å². The van der Waals surface area contributed by atoms with Crippen LogP contribution in [0, 0.1) is 5.41 Å². The number of methoxy groups -OCH3 is 1. The number of benzene rings is 4. The van der Waals surface area contributed by atoms with E-state index in [4.69, 9.17) is 41.4 Å². The number of aliphatic carboxylic acids is 2. The molecule has 20 heteroatoms. The zero-order chi connectivity index (χ0) is 40.6. The summed E-state index contributed by atoms with van der Waals surface area (Å²) in [5, 5.41) is 23.5. The van der Waals surface area contributed by atoms with E-state index in [1.807, 2.05) is 18.2 Å². The lowest BCUT2D eigenvalue weighted by molar-refractivity contribution is -0.193. The molecule has 290 valence electrons. The summed E-state index contributed by atoms with van der Waals surface area (Å²) in [7, 11) is -2.52. The van der Waals surface area contributed by atoms with Gasteiger partial charge in [0.1, 0.15) is 17.6 Å². The first-order chi connectivity index (χ1) is 25.0. The van der Waals surface area contributed by atoms with Crippen LogP contribution in [0.4, 0.5) is 32.0 Å². The fourth-order valence-electron chi connectivity index (χ4n) is 5.00. The van der Waals surface area contributed by atoms with Gasteiger partial charge in [0.2, 0.25) is 15.9 Å². The van der Waals surface area contributed by atoms with Gasteiger partial charge in [-0.25, -0.2) is 18.0 Å². The number of halogens is 6. The van der Waals surface area contributed by atoms with Crippen molar-refractivity contribution in [3.63, 3.8) is 0 Å². The SMILES string of the molecule is COc1ccc2ccc(S(=O)(=O)N(Cc3ccc(N)cc3)[C@H]3CCN(Cc4cccc(C(=N)N)c4)C3=O)cc2c1.O=C(O)C(F)(F)F.O=C(O)C(F)(F)F. The van der Waals surface area contributed by atoms with Crippen molar-refractivity contribution in [2.45, 2.75) is 42.8 Å². The van der Waals surface area contributed by atoms with Gasteiger partial charge in [0.25, 0.3) is 0 Å². The average molecular weight is 786 g/mol. The predicted molar refractivity (Wildman–Crippen MR) is 183 cm³/mol. The third kappa shape index (κ3) is 11.3. The van der Waals surface area contributed by atoms with E-state index in [-0.39, 0.29) is 23.2 Å². The maximum absolute atomic E-state index is 14.2. The minimum Gasteiger partial charge on any atom is -0.497 e. The average Bonchev–Trinajstić information content (AvgIpc) is 3.45. The molecule has 0 bridgehead atoms. The summed E-state index contributed by atoms with van der Waals surface area (Å²) in [6, 6.07) is 23.7. The molecule has 0 radical (unpaired) electrons. The van der Waals surface area contributed by atoms with Crippen LogP contribution in [0.1, 0.15) is 23.1 Å². The lowest BCUT2D eigenvalue weighted by atomic mass is 10.1. The number of amides is 1. The van der Waals surface area contributed by atoms with Gasteiger partial charge in [0.05, 0.1) is 12.0 Å². The number of nitrogens with two attached hydrogens (primary N) is 2. The molecule has 54 heavy (non-hydrogen) atoms. The standard InChI is InChI=1S/C30H31N5O4S.2C2HF3O2/c1-39-26-11-7-22-8-12-27(17-24(22)16-26)40(37,38)35(19-20-5-9-25(31)10-6-20)28-13-14-34(30(28)36)18-21-3-2-4-23(15-21)29(32)33;2*3-2(4,5)1(6)7/h2-12,15-17,28H,13-14,18-19,31H2,1H3,(H3,32,33);2*(H,6,7)/t28-;;/m0../s1. The highest BCUT2D eigenvalue weighted by atomic mass is 32.2. The van der Waals surface area contributed by atoms with Crippen molar-refractivity contribution in [3.8, 4) is 5.75 Å². The Morgan fingerprint density at radius 1 is 0.889 bits per heavy atom. The maximum atomic E-state index is 14.2. The number of rotatable bonds is 9. The minimum absolute atomic E-state index is 0.0167. The van der Waals surface area contributed by atoms with Crippen LogP contribution in [0.25, 0.3) is 10.8 Å². The summed E-state index contributed by atoms with van der Waals surface area (Å²) in [6.45, 7) is 0.710. The van der Waals surface area contributed by atoms with E-state index >= 15 is 0 Å². The lowest BCUT2D eigenvalue weighted by Gasteiger charge is -2.28. The van der Waals surface area contributed by atoms with Crippen molar-refractivity contribution in [1.82, 2.24) is 9.21 Å². The zero-order valence-electron chi connectivity index (χ0n) is 28.1. The quantitative estimate of drug-likeness (QED) is 0.0664. The van der Waals surface area contributed by atoms with E-state index < -0.39 is 40.4 Å². The molecule has 0 saturated carbocycles. The maximum Gasteiger partial charge on any atom is 0.490 e. The van der Waals surface area contributed by atoms with Crippen LogP contribution in [0.2, 0.25) is 0 Å². The van der Waals surface area contributed by atoms with Crippen LogP contribution in [0.15, 0.2) is 89.8 Å². The molecule has 0 aliphatic carbocycles. The summed E-state index contributed by atoms with van der Waals surface area (Å²) in [5.74, 6) is -5.22. The second-order valence-corrected chi connectivity index (χ2v) is 13.3. The van der Waals surface area contributed by atoms with E-state index in [9.17, 15) is 39.6 Å². The van der Waals surface area contributed by atoms with Crippen molar-refractivity contribution >= 4 is 50.2 Å². The number of anilines is 1. The summed E-state index contributed by atoms with van der Waals surface area (Å²) >= 11 is 0. The molecule has 4 aromatic carbocycles. The third-order valence-corrected chi connectivity index (χ3v) is 9.51. The van der Waals surface area contributed by atoms with E-state index in [1.165, 1.54) is 4.31 Å². The molecule has 4 aromatic rings. The number of amidine groups is 1. The summed E-state index contributed by atoms with van der Waals surface area (Å²) in [5.41, 5.74) is 14.2. The Hall–Kier alpha value is -5.89. The topological polar surface area (TPSA) is 217 Å². The highest BCUT2D eigenvalue weighted by Gasteiger charge is 2.42. The van der Waals surface area contributed by atoms with Gasteiger partial charge in [0.15, 0.2) is 0 Å². The summed E-state index contributed by atoms with van der Waals surface area (Å²) in [6.07, 6.45) is -9.82. The second kappa shape index (κ2) is 17.3. The van der Waals surface area contributed by atoms with Gasteiger partial charge in [-0.1, -0.05) is 42.5 Å². The number of fused-ring (bicyclic) bond motifs is 1. The van der Waals surface area contributed by atoms with Crippen molar-refractivity contribution in [3.05, 3.63) is 102 Å². The largest absolute Gasteiger partial charge is 0.497 e. The highest BCUT2D eigenvalue weighted by Crippen LogP contribution is 2.31.